The molecule has 4 nitrogen and oxygen atoms in total. The minimum absolute atomic E-state index is 0.0228. The number of benzene rings is 4. The molecule has 5 heteroatoms. The highest BCUT2D eigenvalue weighted by Crippen LogP contribution is 2.47. The van der Waals surface area contributed by atoms with Gasteiger partial charge in [-0.1, -0.05) is 60.7 Å². The number of carbonyl (C=O) groups excluding carboxylic acids is 2. The number of hydrogen-bond acceptors (Lipinski definition) is 3. The zero-order valence-electron chi connectivity index (χ0n) is 20.7. The maximum atomic E-state index is 13.7. The van der Waals surface area contributed by atoms with Gasteiger partial charge in [-0.25, -0.2) is 4.39 Å². The van der Waals surface area contributed by atoms with Crippen molar-refractivity contribution >= 4 is 17.4 Å². The van der Waals surface area contributed by atoms with Gasteiger partial charge in [0.25, 0.3) is 0 Å². The Balaban J connectivity index is 1.40. The molecule has 4 aromatic carbocycles. The van der Waals surface area contributed by atoms with Crippen LogP contribution in [0, 0.1) is 5.82 Å². The molecule has 0 spiro atoms. The molecule has 0 bridgehead atoms. The molecular formula is C33H26FNO3. The van der Waals surface area contributed by atoms with Crippen LogP contribution in [0.1, 0.15) is 42.2 Å². The standard InChI is InChI=1S/C33H26FNO3/c34-25-13-11-23(12-14-25)29-21-32(37)35(26-15-17-28(18-16-26)38-27-9-5-2-6-10-27)30-19-24(20-31(36)33(29)30)22-7-3-1-4-8-22/h1-18,24,29H,19-21H2. The average Bonchev–Trinajstić information content (AvgIpc) is 2.94. The third-order valence-corrected chi connectivity index (χ3v) is 7.35. The maximum absolute atomic E-state index is 13.7. The summed E-state index contributed by atoms with van der Waals surface area (Å²) in [5, 5.41) is 0. The van der Waals surface area contributed by atoms with Crippen LogP contribution in [0.3, 0.4) is 0 Å². The maximum Gasteiger partial charge on any atom is 0.232 e. The zero-order valence-corrected chi connectivity index (χ0v) is 20.7. The first-order valence-corrected chi connectivity index (χ1v) is 12.8. The predicted molar refractivity (Wildman–Crippen MR) is 145 cm³/mol. The van der Waals surface area contributed by atoms with Crippen LogP contribution in [0.4, 0.5) is 10.1 Å². The first kappa shape index (κ1) is 23.9. The SMILES string of the molecule is O=C1CC(c2ccccc2)CC2=C1C(c1ccc(F)cc1)CC(=O)N2c1ccc(Oc2ccccc2)cc1. The summed E-state index contributed by atoms with van der Waals surface area (Å²) >= 11 is 0. The Hall–Kier alpha value is -4.51. The molecule has 0 aromatic heterocycles. The first-order valence-electron chi connectivity index (χ1n) is 12.8. The van der Waals surface area contributed by atoms with Gasteiger partial charge in [-0.15, -0.1) is 0 Å². The summed E-state index contributed by atoms with van der Waals surface area (Å²) in [4.78, 5) is 29.1. The second-order valence-electron chi connectivity index (χ2n) is 9.75. The summed E-state index contributed by atoms with van der Waals surface area (Å²) < 4.78 is 19.6. The number of anilines is 1. The van der Waals surface area contributed by atoms with Gasteiger partial charge < -0.3 is 4.74 Å². The smallest absolute Gasteiger partial charge is 0.232 e. The summed E-state index contributed by atoms with van der Waals surface area (Å²) in [7, 11) is 0. The molecule has 188 valence electrons. The summed E-state index contributed by atoms with van der Waals surface area (Å²) in [5.74, 6) is 0.579. The number of carbonyl (C=O) groups is 2. The van der Waals surface area contributed by atoms with Gasteiger partial charge >= 0.3 is 0 Å². The van der Waals surface area contributed by atoms with Crippen LogP contribution in [0.25, 0.3) is 0 Å². The lowest BCUT2D eigenvalue weighted by molar-refractivity contribution is -0.120. The number of ether oxygens (including phenoxy) is 1. The van der Waals surface area contributed by atoms with E-state index < -0.39 is 0 Å². The Labute approximate surface area is 221 Å². The van der Waals surface area contributed by atoms with Gasteiger partial charge in [0.05, 0.1) is 0 Å². The Morgan fingerprint density at radius 1 is 0.658 bits per heavy atom. The van der Waals surface area contributed by atoms with Crippen molar-refractivity contribution in [2.45, 2.75) is 31.1 Å². The Kier molecular flexibility index (Phi) is 6.34. The number of para-hydroxylation sites is 1. The fraction of sp³-hybridized carbons (Fsp3) is 0.152. The summed E-state index contributed by atoms with van der Waals surface area (Å²) in [5.41, 5.74) is 3.95. The monoisotopic (exact) mass is 503 g/mol. The van der Waals surface area contributed by atoms with Gasteiger partial charge in [0.15, 0.2) is 5.78 Å². The highest BCUT2D eigenvalue weighted by molar-refractivity contribution is 6.08. The highest BCUT2D eigenvalue weighted by Gasteiger charge is 2.42. The molecule has 2 unspecified atom stereocenters. The van der Waals surface area contributed by atoms with E-state index in [1.165, 1.54) is 12.1 Å². The minimum Gasteiger partial charge on any atom is -0.457 e. The van der Waals surface area contributed by atoms with Crippen LogP contribution >= 0.6 is 0 Å². The summed E-state index contributed by atoms with van der Waals surface area (Å²) in [6.45, 7) is 0. The number of amides is 1. The zero-order chi connectivity index (χ0) is 26.1. The van der Waals surface area contributed by atoms with Gasteiger partial charge in [-0.05, 0) is 72.0 Å². The van der Waals surface area contributed by atoms with Gasteiger partial charge in [-0.3, -0.25) is 14.5 Å². The van der Waals surface area contributed by atoms with Crippen LogP contribution in [0.5, 0.6) is 11.5 Å². The fourth-order valence-electron chi connectivity index (χ4n) is 5.56. The fourth-order valence-corrected chi connectivity index (χ4v) is 5.56. The molecule has 1 aliphatic carbocycles. The molecule has 1 aliphatic heterocycles. The van der Waals surface area contributed by atoms with Crippen LogP contribution in [-0.4, -0.2) is 11.7 Å². The van der Waals surface area contributed by atoms with E-state index in [1.807, 2.05) is 84.9 Å². The molecule has 2 atom stereocenters. The van der Waals surface area contributed by atoms with Gasteiger partial charge in [-0.2, -0.15) is 0 Å². The van der Waals surface area contributed by atoms with E-state index >= 15 is 0 Å². The minimum atomic E-state index is -0.390. The number of hydrogen-bond donors (Lipinski definition) is 0. The van der Waals surface area contributed by atoms with Crippen LogP contribution in [0.15, 0.2) is 120 Å². The van der Waals surface area contributed by atoms with E-state index in [2.05, 4.69) is 0 Å². The number of Topliss-reactive ketones (excluding diaryl/α,β-unsaturated/α-hetero) is 1. The molecule has 0 saturated heterocycles. The van der Waals surface area contributed by atoms with Crippen molar-refractivity contribution in [2.24, 2.45) is 0 Å². The van der Waals surface area contributed by atoms with E-state index in [1.54, 1.807) is 17.0 Å². The summed E-state index contributed by atoms with van der Waals surface area (Å²) in [6, 6.07) is 33.0. The van der Waals surface area contributed by atoms with E-state index in [0.29, 0.717) is 29.9 Å². The first-order chi connectivity index (χ1) is 18.6. The lowest BCUT2D eigenvalue weighted by Crippen LogP contribution is -2.41. The molecule has 6 rings (SSSR count). The van der Waals surface area contributed by atoms with Crippen molar-refractivity contribution in [3.63, 3.8) is 0 Å². The molecule has 2 aliphatic rings. The van der Waals surface area contributed by atoms with E-state index in [0.717, 1.165) is 22.6 Å². The largest absolute Gasteiger partial charge is 0.457 e. The van der Waals surface area contributed by atoms with Gasteiger partial charge in [0.2, 0.25) is 5.91 Å². The third kappa shape index (κ3) is 4.63. The molecule has 0 saturated carbocycles. The van der Waals surface area contributed by atoms with Crippen molar-refractivity contribution < 1.29 is 18.7 Å². The second-order valence-corrected chi connectivity index (χ2v) is 9.75. The van der Waals surface area contributed by atoms with Crippen LogP contribution in [0.2, 0.25) is 0 Å². The molecule has 0 N–H and O–H groups in total. The Bertz CT molecular complexity index is 1500. The molecule has 1 amide bonds. The number of halogens is 1. The molecule has 4 aromatic rings. The predicted octanol–water partition coefficient (Wildman–Crippen LogP) is 7.54. The molecule has 0 fully saturated rings. The van der Waals surface area contributed by atoms with Gasteiger partial charge in [0.1, 0.15) is 17.3 Å². The number of allylic oxidation sites excluding steroid dienone is 2. The van der Waals surface area contributed by atoms with E-state index in [-0.39, 0.29) is 35.8 Å². The van der Waals surface area contributed by atoms with Crippen molar-refractivity contribution in [3.05, 3.63) is 137 Å². The van der Waals surface area contributed by atoms with Gasteiger partial charge in [0, 0.05) is 35.7 Å². The Morgan fingerprint density at radius 2 is 1.29 bits per heavy atom. The number of nitrogens with zero attached hydrogens (tertiary/aromatic N) is 1. The van der Waals surface area contributed by atoms with Crippen molar-refractivity contribution in [1.82, 2.24) is 0 Å². The average molecular weight is 504 g/mol. The Morgan fingerprint density at radius 3 is 1.97 bits per heavy atom. The van der Waals surface area contributed by atoms with E-state index in [4.69, 9.17) is 4.74 Å². The van der Waals surface area contributed by atoms with Crippen molar-refractivity contribution in [3.8, 4) is 11.5 Å². The lowest BCUT2D eigenvalue weighted by atomic mass is 9.72. The molecule has 1 heterocycles. The van der Waals surface area contributed by atoms with Crippen molar-refractivity contribution in [1.29, 1.82) is 0 Å². The number of ketones is 1. The van der Waals surface area contributed by atoms with E-state index in [9.17, 15) is 14.0 Å². The normalized spacial score (nSPS) is 19.3. The third-order valence-electron chi connectivity index (χ3n) is 7.35. The molecule has 0 radical (unpaired) electrons. The molecular weight excluding hydrogens is 477 g/mol. The van der Waals surface area contributed by atoms with Crippen molar-refractivity contribution in [2.75, 3.05) is 4.90 Å². The topological polar surface area (TPSA) is 46.6 Å². The quantitative estimate of drug-likeness (QED) is 0.283. The van der Waals surface area contributed by atoms with Crippen LogP contribution < -0.4 is 9.64 Å². The highest BCUT2D eigenvalue weighted by atomic mass is 19.1. The summed E-state index contributed by atoms with van der Waals surface area (Å²) in [6.07, 6.45) is 1.09. The second kappa shape index (κ2) is 10.1. The van der Waals surface area contributed by atoms with Crippen LogP contribution in [-0.2, 0) is 9.59 Å². The molecule has 38 heavy (non-hydrogen) atoms. The lowest BCUT2D eigenvalue weighted by Gasteiger charge is -2.40. The number of rotatable bonds is 5.